The van der Waals surface area contributed by atoms with Crippen molar-refractivity contribution in [1.29, 1.82) is 0 Å². The standard InChI is InChI=1S/C39H45NO3S/c1-5-9-28-14-18-31(19-15-28)39(44,32-20-16-29(10-6-2)17-21-32)34-11-7-12-35-37(34)27(3)38(4,40-35)30-22-24-33(25-23-30)43-26-8-13-36(41)42/h7,11-12,14-25,27,40,44H,5-6,8-10,13,26H2,1-4H3,(H,41,42). The van der Waals surface area contributed by atoms with Gasteiger partial charge in [0.05, 0.1) is 16.9 Å². The molecular weight excluding hydrogens is 563 g/mol. The van der Waals surface area contributed by atoms with Crippen LogP contribution in [0.5, 0.6) is 5.75 Å². The van der Waals surface area contributed by atoms with Crippen molar-refractivity contribution in [3.63, 3.8) is 0 Å². The van der Waals surface area contributed by atoms with Crippen LogP contribution in [0.4, 0.5) is 5.69 Å². The third kappa shape index (κ3) is 6.25. The average molecular weight is 608 g/mol. The number of benzene rings is 4. The van der Waals surface area contributed by atoms with Crippen LogP contribution in [0.15, 0.2) is 91.0 Å². The summed E-state index contributed by atoms with van der Waals surface area (Å²) < 4.78 is 5.17. The third-order valence-corrected chi connectivity index (χ3v) is 10.0. The van der Waals surface area contributed by atoms with Gasteiger partial charge in [0.1, 0.15) is 5.75 Å². The van der Waals surface area contributed by atoms with Crippen molar-refractivity contribution in [2.45, 2.75) is 82.4 Å². The predicted octanol–water partition coefficient (Wildman–Crippen LogP) is 9.50. The molecule has 5 rings (SSSR count). The number of ether oxygens (including phenoxy) is 1. The van der Waals surface area contributed by atoms with Crippen molar-refractivity contribution < 1.29 is 14.6 Å². The summed E-state index contributed by atoms with van der Waals surface area (Å²) in [5.41, 5.74) is 9.48. The number of aliphatic carboxylic acids is 1. The van der Waals surface area contributed by atoms with Gasteiger partial charge in [-0.05, 0) is 83.3 Å². The fourth-order valence-electron chi connectivity index (χ4n) is 6.65. The molecule has 230 valence electrons. The smallest absolute Gasteiger partial charge is 0.303 e. The van der Waals surface area contributed by atoms with Crippen LogP contribution in [0.1, 0.15) is 98.2 Å². The molecule has 4 aromatic carbocycles. The van der Waals surface area contributed by atoms with Crippen LogP contribution in [0.2, 0.25) is 0 Å². The molecule has 5 heteroatoms. The van der Waals surface area contributed by atoms with Crippen LogP contribution < -0.4 is 10.1 Å². The Bertz CT molecular complexity index is 1510. The number of carboxylic acids is 1. The van der Waals surface area contributed by atoms with Gasteiger partial charge < -0.3 is 15.2 Å². The number of aryl methyl sites for hydroxylation is 2. The number of carboxylic acid groups (broad SMARTS) is 1. The lowest BCUT2D eigenvalue weighted by molar-refractivity contribution is -0.137. The maximum Gasteiger partial charge on any atom is 0.303 e. The van der Waals surface area contributed by atoms with Gasteiger partial charge in [-0.15, -0.1) is 0 Å². The molecule has 2 atom stereocenters. The highest BCUT2D eigenvalue weighted by atomic mass is 32.1. The Balaban J connectivity index is 1.52. The molecule has 0 spiro atoms. The zero-order valence-electron chi connectivity index (χ0n) is 26.4. The topological polar surface area (TPSA) is 58.6 Å². The van der Waals surface area contributed by atoms with E-state index in [9.17, 15) is 4.79 Å². The van der Waals surface area contributed by atoms with Gasteiger partial charge in [-0.3, -0.25) is 4.79 Å². The number of nitrogens with one attached hydrogen (secondary N) is 1. The Kier molecular flexibility index (Phi) is 9.75. The molecule has 2 N–H and O–H groups in total. The number of hydrogen-bond acceptors (Lipinski definition) is 4. The number of hydrogen-bond donors (Lipinski definition) is 3. The first-order valence-corrected chi connectivity index (χ1v) is 16.4. The second-order valence-corrected chi connectivity index (χ2v) is 13.0. The Morgan fingerprint density at radius 3 is 1.98 bits per heavy atom. The molecule has 1 heterocycles. The van der Waals surface area contributed by atoms with Gasteiger partial charge in [-0.2, -0.15) is 12.6 Å². The van der Waals surface area contributed by atoms with Crippen LogP contribution in [-0.2, 0) is 27.9 Å². The number of fused-ring (bicyclic) bond motifs is 1. The minimum Gasteiger partial charge on any atom is -0.494 e. The van der Waals surface area contributed by atoms with Crippen molar-refractivity contribution in [2.24, 2.45) is 0 Å². The molecular formula is C39H45NO3S. The molecule has 0 fully saturated rings. The highest BCUT2D eigenvalue weighted by Gasteiger charge is 2.45. The van der Waals surface area contributed by atoms with Gasteiger partial charge in [0.15, 0.2) is 0 Å². The van der Waals surface area contributed by atoms with E-state index >= 15 is 0 Å². The normalized spacial score (nSPS) is 17.6. The van der Waals surface area contributed by atoms with Crippen LogP contribution in [-0.4, -0.2) is 17.7 Å². The average Bonchev–Trinajstić information content (AvgIpc) is 3.30. The summed E-state index contributed by atoms with van der Waals surface area (Å²) in [6.45, 7) is 9.40. The van der Waals surface area contributed by atoms with Gasteiger partial charge in [0, 0.05) is 18.0 Å². The largest absolute Gasteiger partial charge is 0.494 e. The first kappa shape index (κ1) is 31.7. The van der Waals surface area contributed by atoms with Gasteiger partial charge in [0.2, 0.25) is 0 Å². The molecule has 1 aliphatic heterocycles. The molecule has 0 aromatic heterocycles. The molecule has 0 amide bonds. The molecule has 4 aromatic rings. The van der Waals surface area contributed by atoms with Crippen LogP contribution in [0.25, 0.3) is 0 Å². The van der Waals surface area contributed by atoms with E-state index in [1.54, 1.807) is 0 Å². The van der Waals surface area contributed by atoms with Crippen molar-refractivity contribution in [3.05, 3.63) is 130 Å². The minimum atomic E-state index is -0.802. The van der Waals surface area contributed by atoms with Crippen LogP contribution >= 0.6 is 12.6 Å². The maximum absolute atomic E-state index is 10.8. The summed E-state index contributed by atoms with van der Waals surface area (Å²) in [5.74, 6) is 0.102. The number of anilines is 1. The van der Waals surface area contributed by atoms with Gasteiger partial charge in [-0.25, -0.2) is 0 Å². The van der Waals surface area contributed by atoms with E-state index in [-0.39, 0.29) is 17.9 Å². The summed E-state index contributed by atoms with van der Waals surface area (Å²) in [6.07, 6.45) is 4.97. The molecule has 0 bridgehead atoms. The van der Waals surface area contributed by atoms with E-state index in [1.165, 1.54) is 38.9 Å². The molecule has 4 nitrogen and oxygen atoms in total. The molecule has 1 aliphatic rings. The van der Waals surface area contributed by atoms with E-state index in [0.717, 1.165) is 37.1 Å². The van der Waals surface area contributed by atoms with Crippen molar-refractivity contribution in [3.8, 4) is 5.75 Å². The first-order chi connectivity index (χ1) is 21.2. The van der Waals surface area contributed by atoms with Crippen LogP contribution in [0.3, 0.4) is 0 Å². The Morgan fingerprint density at radius 2 is 1.45 bits per heavy atom. The quantitative estimate of drug-likeness (QED) is 0.0805. The summed E-state index contributed by atoms with van der Waals surface area (Å²) in [7, 11) is 0. The Labute approximate surface area is 268 Å². The second-order valence-electron chi connectivity index (χ2n) is 12.3. The Hall–Kier alpha value is -3.70. The van der Waals surface area contributed by atoms with E-state index in [4.69, 9.17) is 22.5 Å². The zero-order valence-corrected chi connectivity index (χ0v) is 27.3. The third-order valence-electron chi connectivity index (χ3n) is 9.27. The summed E-state index contributed by atoms with van der Waals surface area (Å²) >= 11 is 5.63. The molecule has 44 heavy (non-hydrogen) atoms. The Morgan fingerprint density at radius 1 is 0.886 bits per heavy atom. The minimum absolute atomic E-state index is 0.108. The molecule has 0 saturated carbocycles. The van der Waals surface area contributed by atoms with Gasteiger partial charge in [-0.1, -0.05) is 106 Å². The molecule has 0 saturated heterocycles. The van der Waals surface area contributed by atoms with E-state index < -0.39 is 10.7 Å². The molecule has 0 radical (unpaired) electrons. The number of carbonyl (C=O) groups is 1. The lowest BCUT2D eigenvalue weighted by Gasteiger charge is -2.35. The van der Waals surface area contributed by atoms with E-state index in [0.29, 0.717) is 13.0 Å². The maximum atomic E-state index is 10.8. The van der Waals surface area contributed by atoms with E-state index in [1.807, 2.05) is 12.1 Å². The summed E-state index contributed by atoms with van der Waals surface area (Å²) in [6, 6.07) is 32.9. The first-order valence-electron chi connectivity index (χ1n) is 16.0. The van der Waals surface area contributed by atoms with Gasteiger partial charge in [0.25, 0.3) is 0 Å². The molecule has 2 unspecified atom stereocenters. The monoisotopic (exact) mass is 607 g/mol. The second kappa shape index (κ2) is 13.5. The number of rotatable bonds is 13. The summed E-state index contributed by atoms with van der Waals surface area (Å²) in [5, 5.41) is 12.8. The van der Waals surface area contributed by atoms with Crippen molar-refractivity contribution >= 4 is 24.3 Å². The molecule has 0 aliphatic carbocycles. The van der Waals surface area contributed by atoms with Crippen LogP contribution in [0, 0.1) is 0 Å². The predicted molar refractivity (Wildman–Crippen MR) is 184 cm³/mol. The fraction of sp³-hybridized carbons (Fsp3) is 0.359. The van der Waals surface area contributed by atoms with E-state index in [2.05, 4.69) is 112 Å². The summed E-state index contributed by atoms with van der Waals surface area (Å²) in [4.78, 5) is 10.8. The SMILES string of the molecule is CCCc1ccc(C(S)(c2ccc(CCC)cc2)c2cccc3c2C(C)C(C)(c2ccc(OCCCC(=O)O)cc2)N3)cc1. The fourth-order valence-corrected chi connectivity index (χ4v) is 7.14. The zero-order chi connectivity index (χ0) is 31.3. The highest BCUT2D eigenvalue weighted by molar-refractivity contribution is 7.81. The van der Waals surface area contributed by atoms with Crippen molar-refractivity contribution in [1.82, 2.24) is 0 Å². The number of thiol groups is 1. The van der Waals surface area contributed by atoms with Gasteiger partial charge >= 0.3 is 5.97 Å². The lowest BCUT2D eigenvalue weighted by atomic mass is 9.74. The van der Waals surface area contributed by atoms with Crippen molar-refractivity contribution in [2.75, 3.05) is 11.9 Å². The lowest BCUT2D eigenvalue weighted by Crippen LogP contribution is -2.32. The highest BCUT2D eigenvalue weighted by Crippen LogP contribution is 2.55.